The average Bonchev–Trinajstić information content (AvgIpc) is 2.57. The van der Waals surface area contributed by atoms with Crippen LogP contribution in [0, 0.1) is 13.8 Å². The van der Waals surface area contributed by atoms with Crippen LogP contribution in [0.25, 0.3) is 11.4 Å². The highest BCUT2D eigenvalue weighted by Gasteiger charge is 2.14. The van der Waals surface area contributed by atoms with E-state index in [4.69, 9.17) is 5.11 Å². The molecule has 0 saturated carbocycles. The lowest BCUT2D eigenvalue weighted by molar-refractivity contribution is -0.136. The van der Waals surface area contributed by atoms with Crippen molar-refractivity contribution in [2.45, 2.75) is 20.3 Å². The lowest BCUT2D eigenvalue weighted by Crippen LogP contribution is -2.02. The van der Waals surface area contributed by atoms with Crippen LogP contribution in [0.15, 0.2) is 24.3 Å². The molecule has 0 fully saturated rings. The molecule has 0 radical (unpaired) electrons. The molecule has 0 saturated heterocycles. The lowest BCUT2D eigenvalue weighted by atomic mass is 10.1. The number of hydrogen-bond donors (Lipinski definition) is 1. The molecule has 0 unspecified atom stereocenters. The molecule has 0 amide bonds. The van der Waals surface area contributed by atoms with Crippen molar-refractivity contribution in [2.75, 3.05) is 0 Å². The van der Waals surface area contributed by atoms with Crippen LogP contribution in [0.3, 0.4) is 0 Å². The van der Waals surface area contributed by atoms with Gasteiger partial charge in [-0.2, -0.15) is 0 Å². The van der Waals surface area contributed by atoms with Gasteiger partial charge in [0.15, 0.2) is 0 Å². The fourth-order valence-corrected chi connectivity index (χ4v) is 1.99. The van der Waals surface area contributed by atoms with Crippen LogP contribution in [0.1, 0.15) is 17.0 Å². The van der Waals surface area contributed by atoms with Crippen LogP contribution in [-0.4, -0.2) is 20.6 Å². The van der Waals surface area contributed by atoms with Gasteiger partial charge in [0.05, 0.1) is 12.1 Å². The zero-order valence-electron chi connectivity index (χ0n) is 10.8. The standard InChI is InChI=1S/C14H16N2O2/c1-9-5-4-6-11(7-9)14-15-12(8-13(17)18)10(2)16(14)3/h4-7H,8H2,1-3H3,(H,17,18). The number of nitrogens with zero attached hydrogens (tertiary/aromatic N) is 2. The maximum absolute atomic E-state index is 10.8. The number of carboxylic acids is 1. The minimum atomic E-state index is -0.855. The van der Waals surface area contributed by atoms with Crippen LogP contribution in [0.4, 0.5) is 0 Å². The van der Waals surface area contributed by atoms with E-state index in [-0.39, 0.29) is 6.42 Å². The molecule has 0 bridgehead atoms. The number of aliphatic carboxylic acids is 1. The van der Waals surface area contributed by atoms with E-state index in [1.54, 1.807) is 0 Å². The Morgan fingerprint density at radius 2 is 2.11 bits per heavy atom. The molecule has 4 heteroatoms. The van der Waals surface area contributed by atoms with Crippen molar-refractivity contribution >= 4 is 5.97 Å². The van der Waals surface area contributed by atoms with Crippen molar-refractivity contribution in [3.8, 4) is 11.4 Å². The monoisotopic (exact) mass is 244 g/mol. The Bertz CT molecular complexity index is 600. The largest absolute Gasteiger partial charge is 0.481 e. The molecule has 0 spiro atoms. The summed E-state index contributed by atoms with van der Waals surface area (Å²) in [5.74, 6) is -0.0422. The SMILES string of the molecule is Cc1cccc(-c2nc(CC(=O)O)c(C)n2C)c1. The van der Waals surface area contributed by atoms with Gasteiger partial charge in [-0.25, -0.2) is 4.98 Å². The van der Waals surface area contributed by atoms with E-state index < -0.39 is 5.97 Å². The Hall–Kier alpha value is -2.10. The average molecular weight is 244 g/mol. The number of rotatable bonds is 3. The van der Waals surface area contributed by atoms with Gasteiger partial charge in [0.1, 0.15) is 5.82 Å². The zero-order chi connectivity index (χ0) is 13.3. The third-order valence-electron chi connectivity index (χ3n) is 3.07. The normalized spacial score (nSPS) is 10.6. The van der Waals surface area contributed by atoms with Crippen LogP contribution in [-0.2, 0) is 18.3 Å². The highest BCUT2D eigenvalue weighted by Crippen LogP contribution is 2.22. The molecule has 94 valence electrons. The van der Waals surface area contributed by atoms with Gasteiger partial charge in [-0.15, -0.1) is 0 Å². The molecule has 0 atom stereocenters. The maximum atomic E-state index is 10.8. The van der Waals surface area contributed by atoms with E-state index in [2.05, 4.69) is 4.98 Å². The van der Waals surface area contributed by atoms with Gasteiger partial charge in [-0.05, 0) is 19.9 Å². The number of carbonyl (C=O) groups is 1. The molecule has 1 heterocycles. The maximum Gasteiger partial charge on any atom is 0.309 e. The van der Waals surface area contributed by atoms with E-state index >= 15 is 0 Å². The van der Waals surface area contributed by atoms with Crippen LogP contribution >= 0.6 is 0 Å². The first-order valence-corrected chi connectivity index (χ1v) is 5.80. The molecule has 0 aliphatic heterocycles. The predicted octanol–water partition coefficient (Wildman–Crippen LogP) is 2.33. The fraction of sp³-hybridized carbons (Fsp3) is 0.286. The minimum Gasteiger partial charge on any atom is -0.481 e. The summed E-state index contributed by atoms with van der Waals surface area (Å²) in [5, 5.41) is 8.86. The second-order valence-corrected chi connectivity index (χ2v) is 4.47. The van der Waals surface area contributed by atoms with Gasteiger partial charge < -0.3 is 9.67 Å². The summed E-state index contributed by atoms with van der Waals surface area (Å²) >= 11 is 0. The predicted molar refractivity (Wildman–Crippen MR) is 69.5 cm³/mol. The van der Waals surface area contributed by atoms with E-state index in [9.17, 15) is 4.79 Å². The van der Waals surface area contributed by atoms with Gasteiger partial charge in [0.2, 0.25) is 0 Å². The third-order valence-corrected chi connectivity index (χ3v) is 3.07. The minimum absolute atomic E-state index is 0.0362. The second kappa shape index (κ2) is 4.64. The molecule has 4 nitrogen and oxygen atoms in total. The molecule has 0 aliphatic rings. The summed E-state index contributed by atoms with van der Waals surface area (Å²) in [6.45, 7) is 3.92. The number of aryl methyl sites for hydroxylation is 1. The van der Waals surface area contributed by atoms with Crippen LogP contribution in [0.5, 0.6) is 0 Å². The van der Waals surface area contributed by atoms with E-state index in [1.807, 2.05) is 49.7 Å². The van der Waals surface area contributed by atoms with Gasteiger partial charge in [0.25, 0.3) is 0 Å². The number of imidazole rings is 1. The van der Waals surface area contributed by atoms with Crippen molar-refractivity contribution in [3.05, 3.63) is 41.2 Å². The van der Waals surface area contributed by atoms with Crippen molar-refractivity contribution in [1.29, 1.82) is 0 Å². The van der Waals surface area contributed by atoms with Gasteiger partial charge in [-0.1, -0.05) is 23.8 Å². The second-order valence-electron chi connectivity index (χ2n) is 4.47. The highest BCUT2D eigenvalue weighted by molar-refractivity contribution is 5.70. The van der Waals surface area contributed by atoms with E-state index in [1.165, 1.54) is 0 Å². The van der Waals surface area contributed by atoms with Crippen LogP contribution < -0.4 is 0 Å². The number of benzene rings is 1. The summed E-state index contributed by atoms with van der Waals surface area (Å²) in [4.78, 5) is 15.2. The molecule has 0 aliphatic carbocycles. The van der Waals surface area contributed by atoms with Crippen molar-refractivity contribution in [2.24, 2.45) is 7.05 Å². The number of hydrogen-bond acceptors (Lipinski definition) is 2. The zero-order valence-corrected chi connectivity index (χ0v) is 10.8. The van der Waals surface area contributed by atoms with Gasteiger partial charge in [-0.3, -0.25) is 4.79 Å². The molecule has 1 N–H and O–H groups in total. The smallest absolute Gasteiger partial charge is 0.309 e. The summed E-state index contributed by atoms with van der Waals surface area (Å²) in [6, 6.07) is 8.04. The van der Waals surface area contributed by atoms with Gasteiger partial charge in [0, 0.05) is 18.3 Å². The molecular weight excluding hydrogens is 228 g/mol. The molecule has 1 aromatic heterocycles. The summed E-state index contributed by atoms with van der Waals surface area (Å²) in [5.41, 5.74) is 3.69. The first-order valence-electron chi connectivity index (χ1n) is 5.80. The molecule has 2 rings (SSSR count). The Balaban J connectivity index is 2.49. The highest BCUT2D eigenvalue weighted by atomic mass is 16.4. The lowest BCUT2D eigenvalue weighted by Gasteiger charge is -2.03. The van der Waals surface area contributed by atoms with Crippen LogP contribution in [0.2, 0.25) is 0 Å². The quantitative estimate of drug-likeness (QED) is 0.901. The molecular formula is C14H16N2O2. The Kier molecular flexibility index (Phi) is 3.19. The summed E-state index contributed by atoms with van der Waals surface area (Å²) < 4.78 is 1.94. The topological polar surface area (TPSA) is 55.1 Å². The molecule has 1 aromatic carbocycles. The number of aromatic nitrogens is 2. The first-order chi connectivity index (χ1) is 8.49. The van der Waals surface area contributed by atoms with E-state index in [0.29, 0.717) is 5.69 Å². The summed E-state index contributed by atoms with van der Waals surface area (Å²) in [7, 11) is 1.91. The van der Waals surface area contributed by atoms with Crippen molar-refractivity contribution in [3.63, 3.8) is 0 Å². The Morgan fingerprint density at radius 1 is 1.39 bits per heavy atom. The molecule has 2 aromatic rings. The number of carboxylic acid groups (broad SMARTS) is 1. The van der Waals surface area contributed by atoms with E-state index in [0.717, 1.165) is 22.6 Å². The Labute approximate surface area is 106 Å². The molecule has 18 heavy (non-hydrogen) atoms. The first kappa shape index (κ1) is 12.4. The van der Waals surface area contributed by atoms with Crippen molar-refractivity contribution < 1.29 is 9.90 Å². The fourth-order valence-electron chi connectivity index (χ4n) is 1.99. The Morgan fingerprint density at radius 3 is 2.72 bits per heavy atom. The van der Waals surface area contributed by atoms with Gasteiger partial charge >= 0.3 is 5.97 Å². The summed E-state index contributed by atoms with van der Waals surface area (Å²) in [6.07, 6.45) is -0.0362. The third kappa shape index (κ3) is 2.27. The van der Waals surface area contributed by atoms with Crippen molar-refractivity contribution in [1.82, 2.24) is 9.55 Å².